The summed E-state index contributed by atoms with van der Waals surface area (Å²) in [5.74, 6) is -9.09. The highest BCUT2D eigenvalue weighted by Crippen LogP contribution is 2.38. The van der Waals surface area contributed by atoms with Crippen LogP contribution < -0.4 is 52.6 Å². The Morgan fingerprint density at radius 2 is 1.26 bits per heavy atom. The summed E-state index contributed by atoms with van der Waals surface area (Å²) in [6.45, 7) is -2.96. The summed E-state index contributed by atoms with van der Waals surface area (Å²) >= 11 is 1.84. The Hall–Kier alpha value is -7.17. The fourth-order valence-electron chi connectivity index (χ4n) is 13.0. The number of guanidine groups is 2. The normalized spacial score (nSPS) is 36.6. The summed E-state index contributed by atoms with van der Waals surface area (Å²) in [4.78, 5) is 89.0. The van der Waals surface area contributed by atoms with Gasteiger partial charge in [0.1, 0.15) is 121 Å². The van der Waals surface area contributed by atoms with Crippen molar-refractivity contribution < 1.29 is 123 Å². The van der Waals surface area contributed by atoms with E-state index in [2.05, 4.69) is 47.9 Å². The highest BCUT2D eigenvalue weighted by atomic mass is 127. The molecule has 7 aliphatic rings. The van der Waals surface area contributed by atoms with Crippen molar-refractivity contribution in [2.45, 2.75) is 179 Å². The van der Waals surface area contributed by atoms with Crippen LogP contribution in [0.25, 0.3) is 0 Å². The Morgan fingerprint density at radius 3 is 1.92 bits per heavy atom. The van der Waals surface area contributed by atoms with Gasteiger partial charge in [-0.15, -0.1) is 0 Å². The molecule has 100 heavy (non-hydrogen) atoms. The monoisotopic (exact) mass is 1520 g/mol. The lowest BCUT2D eigenvalue weighted by Crippen LogP contribution is -2.69. The van der Waals surface area contributed by atoms with Gasteiger partial charge in [-0.25, -0.2) is 0 Å². The minimum Gasteiger partial charge on any atom is -0.461 e. The molecule has 26 unspecified atom stereocenters. The molecule has 37 nitrogen and oxygen atoms in total. The van der Waals surface area contributed by atoms with Gasteiger partial charge in [-0.3, -0.25) is 39.6 Å². The third kappa shape index (κ3) is 16.6. The summed E-state index contributed by atoms with van der Waals surface area (Å²) in [5, 5.41) is 173. The number of carbonyl (C=O) groups is 6. The van der Waals surface area contributed by atoms with Crippen LogP contribution in [0.3, 0.4) is 0 Å². The summed E-state index contributed by atoms with van der Waals surface area (Å²) < 4.78 is 41.7. The van der Waals surface area contributed by atoms with Crippen molar-refractivity contribution in [2.24, 2.45) is 0 Å². The van der Waals surface area contributed by atoms with Gasteiger partial charge in [-0.2, -0.15) is 0 Å². The van der Waals surface area contributed by atoms with Crippen molar-refractivity contribution in [1.29, 1.82) is 10.8 Å². The van der Waals surface area contributed by atoms with E-state index in [-0.39, 0.29) is 40.4 Å². The van der Waals surface area contributed by atoms with Gasteiger partial charge in [-0.05, 0) is 52.3 Å². The van der Waals surface area contributed by atoms with Gasteiger partial charge in [0, 0.05) is 31.0 Å². The molecule has 0 spiro atoms. The molecule has 38 heteroatoms. The lowest BCUT2D eigenvalue weighted by Gasteiger charge is -2.48. The van der Waals surface area contributed by atoms with Crippen molar-refractivity contribution in [3.63, 3.8) is 0 Å². The van der Waals surface area contributed by atoms with Crippen molar-refractivity contribution in [3.05, 3.63) is 99.1 Å². The summed E-state index contributed by atoms with van der Waals surface area (Å²) in [6.07, 6.45) is -30.6. The number of amides is 6. The molecule has 3 aromatic carbocycles. The number of carbonyl (C=O) groups excluding carboxylic acids is 6. The van der Waals surface area contributed by atoms with E-state index in [1.165, 1.54) is 18.2 Å². The van der Waals surface area contributed by atoms with E-state index in [1.54, 1.807) is 67.6 Å². The second-order valence-electron chi connectivity index (χ2n) is 25.0. The lowest BCUT2D eigenvalue weighted by molar-refractivity contribution is -0.383. The summed E-state index contributed by atoms with van der Waals surface area (Å²) in [7, 11) is 0. The third-order valence-corrected chi connectivity index (χ3v) is 19.3. The number of halogens is 1. The first kappa shape index (κ1) is 75.5. The van der Waals surface area contributed by atoms with Gasteiger partial charge in [-0.1, -0.05) is 73.7 Å². The molecule has 26 atom stereocenters. The van der Waals surface area contributed by atoms with Crippen LogP contribution in [0.5, 0.6) is 5.75 Å². The largest absolute Gasteiger partial charge is 0.461 e. The predicted molar refractivity (Wildman–Crippen MR) is 346 cm³/mol. The molecule has 7 saturated heterocycles. The molecule has 23 N–H and O–H groups in total. The first-order valence-electron chi connectivity index (χ1n) is 32.2. The molecule has 0 aliphatic carbocycles. The first-order chi connectivity index (χ1) is 47.8. The predicted octanol–water partition coefficient (Wildman–Crippen LogP) is -9.44. The Morgan fingerprint density at radius 1 is 0.610 bits per heavy atom. The second kappa shape index (κ2) is 33.3. The summed E-state index contributed by atoms with van der Waals surface area (Å²) in [5.41, 5.74) is 1.42. The van der Waals surface area contributed by atoms with Crippen LogP contribution in [0.1, 0.15) is 42.2 Å². The standard InChI is InChI=1S/C62H83IN12O25/c1-2-27(25-9-5-3-6-10-25)38-54(91)69-29(16-24-13-14-33(28(63)15-24)96-59-48(87)45(84)50(35(22-78)97-59)100-60-49(88)46(85)51-36(98-60)23-94-58(99-51)26-11-7-4-8-12-26)53(90)73-39(41(80)30-17-67-61(64)71-30)56(93)74-40(55(92)70-31(20-76)52(89)66-19-37(79)72-38)42(81)32-18-68-62(65)75(32)57-47(86)44(83)43(82)34(21-77)95-57/h3-15,27,29-32,34-36,38-51,57-60,76-78,80-88H,2,16-23H2,1H3,(H2,65,68)(H,66,89)(H,69,91)(H,70,92)(H,72,79)(H,73,90)(H,74,93)(H3,64,67,71). The van der Waals surface area contributed by atoms with Gasteiger partial charge in [0.2, 0.25) is 41.7 Å². The molecule has 7 heterocycles. The molecule has 6 amide bonds. The lowest BCUT2D eigenvalue weighted by atomic mass is 9.88. The molecular formula is C62H83IN12O25. The van der Waals surface area contributed by atoms with Crippen LogP contribution in [-0.4, -0.2) is 306 Å². The van der Waals surface area contributed by atoms with Crippen LogP contribution >= 0.6 is 22.6 Å². The quantitative estimate of drug-likeness (QED) is 0.0526. The number of aliphatic hydroxyl groups excluding tert-OH is 12. The molecule has 0 bridgehead atoms. The maximum absolute atomic E-state index is 15.3. The number of hydrogen-bond acceptors (Lipinski definition) is 27. The molecule has 7 aliphatic heterocycles. The number of benzene rings is 3. The summed E-state index contributed by atoms with van der Waals surface area (Å²) in [6, 6.07) is 8.69. The van der Waals surface area contributed by atoms with Crippen molar-refractivity contribution in [3.8, 4) is 5.75 Å². The minimum atomic E-state index is -2.36. The molecule has 0 saturated carbocycles. The fraction of sp³-hybridized carbons (Fsp3) is 0.581. The number of rotatable bonds is 18. The Balaban J connectivity index is 0.931. The van der Waals surface area contributed by atoms with Crippen LogP contribution in [0.15, 0.2) is 78.9 Å². The van der Waals surface area contributed by atoms with E-state index in [4.69, 9.17) is 44.0 Å². The van der Waals surface area contributed by atoms with Gasteiger partial charge >= 0.3 is 0 Å². The second-order valence-corrected chi connectivity index (χ2v) is 26.1. The smallest absolute Gasteiger partial charge is 0.246 e. The SMILES string of the molecule is CCC(c1ccccc1)C1NC(=O)CNC(=O)C(CO)NC(=O)C(C(O)C2CNC(=N)N2C2OC(CO)C(O)C(O)C2O)NC(=O)C(C(O)C2CNC(=N)N2)NC(=O)C(Cc2ccc(OC3OC(CO)C(OC4OC5COC(c6ccccc6)OC5C(O)C4O)C(O)C3O)c(I)c2)NC1=O. The van der Waals surface area contributed by atoms with Crippen LogP contribution in [0.2, 0.25) is 0 Å². The van der Waals surface area contributed by atoms with Crippen molar-refractivity contribution >= 4 is 70.0 Å². The zero-order valence-corrected chi connectivity index (χ0v) is 55.5. The average Bonchev–Trinajstić information content (AvgIpc) is 1.07. The number of fused-ring (bicyclic) bond motifs is 1. The molecule has 10 rings (SSSR count). The highest BCUT2D eigenvalue weighted by Gasteiger charge is 2.56. The Bertz CT molecular complexity index is 3380. The number of nitrogens with one attached hydrogen (secondary N) is 11. The zero-order valence-electron chi connectivity index (χ0n) is 53.4. The molecular weight excluding hydrogens is 1440 g/mol. The molecule has 548 valence electrons. The number of aliphatic hydroxyl groups is 12. The molecule has 0 aromatic heterocycles. The number of hydrogen-bond donors (Lipinski definition) is 23. The molecule has 7 fully saturated rings. The third-order valence-electron chi connectivity index (χ3n) is 18.5. The molecule has 0 radical (unpaired) electrons. The number of ether oxygens (including phenoxy) is 7. The van der Waals surface area contributed by atoms with Gasteiger partial charge in [0.05, 0.1) is 48.6 Å². The van der Waals surface area contributed by atoms with Crippen molar-refractivity contribution in [1.82, 2.24) is 52.8 Å². The average molecular weight is 1520 g/mol. The fourth-order valence-corrected chi connectivity index (χ4v) is 13.7. The zero-order chi connectivity index (χ0) is 72.0. The van der Waals surface area contributed by atoms with E-state index in [0.29, 0.717) is 11.1 Å². The Labute approximate surface area is 583 Å². The topological polar surface area (TPSA) is 569 Å². The molecule has 3 aromatic rings. The van der Waals surface area contributed by atoms with E-state index in [1.807, 2.05) is 22.6 Å². The first-order valence-corrected chi connectivity index (χ1v) is 33.3. The van der Waals surface area contributed by atoms with Crippen LogP contribution in [0, 0.1) is 14.4 Å². The Kier molecular flexibility index (Phi) is 25.1. The van der Waals surface area contributed by atoms with E-state index >= 15 is 14.4 Å². The van der Waals surface area contributed by atoms with E-state index < -0.39 is 239 Å². The van der Waals surface area contributed by atoms with Gasteiger partial charge in [0.25, 0.3) is 0 Å². The van der Waals surface area contributed by atoms with Gasteiger partial charge in [0.15, 0.2) is 30.7 Å². The van der Waals surface area contributed by atoms with Crippen LogP contribution in [0.4, 0.5) is 0 Å². The van der Waals surface area contributed by atoms with Crippen LogP contribution in [-0.2, 0) is 63.6 Å². The van der Waals surface area contributed by atoms with E-state index in [0.717, 1.165) is 4.90 Å². The maximum Gasteiger partial charge on any atom is 0.246 e. The highest BCUT2D eigenvalue weighted by molar-refractivity contribution is 14.1. The van der Waals surface area contributed by atoms with E-state index in [9.17, 15) is 75.7 Å². The maximum atomic E-state index is 15.3. The number of nitrogens with zero attached hydrogens (tertiary/aromatic N) is 1. The van der Waals surface area contributed by atoms with Crippen molar-refractivity contribution in [2.75, 3.05) is 46.1 Å². The minimum absolute atomic E-state index is 0.0135. The van der Waals surface area contributed by atoms with Gasteiger partial charge < -0.3 is 147 Å².